The summed E-state index contributed by atoms with van der Waals surface area (Å²) in [5.74, 6) is -0.933. The molecule has 1 amide bonds. The van der Waals surface area contributed by atoms with E-state index in [9.17, 15) is 9.59 Å². The van der Waals surface area contributed by atoms with E-state index in [1.54, 1.807) is 18.2 Å². The second-order valence-electron chi connectivity index (χ2n) is 5.70. The maximum atomic E-state index is 11.9. The van der Waals surface area contributed by atoms with Gasteiger partial charge in [0.2, 0.25) is 0 Å². The van der Waals surface area contributed by atoms with Crippen molar-refractivity contribution in [2.75, 3.05) is 6.61 Å². The molecular formula is C20H20ClNO3. The van der Waals surface area contributed by atoms with Crippen molar-refractivity contribution in [1.29, 1.82) is 0 Å². The number of aryl methyl sites for hydroxylation is 1. The lowest BCUT2D eigenvalue weighted by Gasteiger charge is -2.14. The monoisotopic (exact) mass is 357 g/mol. The number of carbonyl (C=O) groups is 2. The Kier molecular flexibility index (Phi) is 6.78. The molecule has 1 N–H and O–H groups in total. The van der Waals surface area contributed by atoms with E-state index in [1.807, 2.05) is 50.2 Å². The highest BCUT2D eigenvalue weighted by molar-refractivity contribution is 6.30. The molecular weight excluding hydrogens is 338 g/mol. The van der Waals surface area contributed by atoms with E-state index in [2.05, 4.69) is 5.32 Å². The van der Waals surface area contributed by atoms with Crippen molar-refractivity contribution in [3.63, 3.8) is 0 Å². The number of nitrogens with one attached hydrogen (secondary N) is 1. The number of rotatable bonds is 6. The van der Waals surface area contributed by atoms with Crippen molar-refractivity contribution in [2.24, 2.45) is 0 Å². The molecule has 0 heterocycles. The Labute approximate surface area is 152 Å². The molecule has 0 spiro atoms. The van der Waals surface area contributed by atoms with Crippen molar-refractivity contribution >= 4 is 29.6 Å². The van der Waals surface area contributed by atoms with Gasteiger partial charge in [0.15, 0.2) is 6.61 Å². The lowest BCUT2D eigenvalue weighted by atomic mass is 10.1. The number of amides is 1. The molecule has 0 unspecified atom stereocenters. The van der Waals surface area contributed by atoms with Gasteiger partial charge in [-0.05, 0) is 43.2 Å². The zero-order chi connectivity index (χ0) is 18.2. The molecule has 130 valence electrons. The van der Waals surface area contributed by atoms with Crippen LogP contribution in [0.2, 0.25) is 5.02 Å². The normalized spacial score (nSPS) is 12.0. The molecule has 0 aromatic heterocycles. The van der Waals surface area contributed by atoms with E-state index >= 15 is 0 Å². The quantitative estimate of drug-likeness (QED) is 0.626. The second-order valence-corrected chi connectivity index (χ2v) is 6.14. The van der Waals surface area contributed by atoms with Crippen LogP contribution in [0.15, 0.2) is 54.6 Å². The Hall–Kier alpha value is -2.59. The van der Waals surface area contributed by atoms with Gasteiger partial charge in [-0.3, -0.25) is 4.79 Å². The van der Waals surface area contributed by atoms with Crippen molar-refractivity contribution in [3.8, 4) is 0 Å². The SMILES string of the molecule is Cc1cccc(/C=C/C(=O)OCC(=O)N[C@H](C)c2cccc(Cl)c2)c1. The molecule has 0 fully saturated rings. The van der Waals surface area contributed by atoms with Crippen LogP contribution in [0.4, 0.5) is 0 Å². The Balaban J connectivity index is 1.80. The number of hydrogen-bond donors (Lipinski definition) is 1. The average molecular weight is 358 g/mol. The van der Waals surface area contributed by atoms with Crippen molar-refractivity contribution in [2.45, 2.75) is 19.9 Å². The molecule has 0 saturated heterocycles. The largest absolute Gasteiger partial charge is 0.452 e. The van der Waals surface area contributed by atoms with Crippen LogP contribution in [0.25, 0.3) is 6.08 Å². The molecule has 0 radical (unpaired) electrons. The van der Waals surface area contributed by atoms with E-state index in [1.165, 1.54) is 6.08 Å². The lowest BCUT2D eigenvalue weighted by molar-refractivity contribution is -0.144. The fourth-order valence-corrected chi connectivity index (χ4v) is 2.46. The van der Waals surface area contributed by atoms with Crippen LogP contribution in [0.1, 0.15) is 29.7 Å². The topological polar surface area (TPSA) is 55.4 Å². The zero-order valence-electron chi connectivity index (χ0n) is 14.2. The van der Waals surface area contributed by atoms with Crippen molar-refractivity contribution in [3.05, 3.63) is 76.3 Å². The summed E-state index contributed by atoms with van der Waals surface area (Å²) in [5, 5.41) is 3.36. The van der Waals surface area contributed by atoms with Crippen molar-refractivity contribution in [1.82, 2.24) is 5.32 Å². The molecule has 5 heteroatoms. The molecule has 2 rings (SSSR count). The number of halogens is 1. The Morgan fingerprint density at radius 3 is 2.68 bits per heavy atom. The zero-order valence-corrected chi connectivity index (χ0v) is 14.9. The van der Waals surface area contributed by atoms with Gasteiger partial charge in [-0.15, -0.1) is 0 Å². The summed E-state index contributed by atoms with van der Waals surface area (Å²) in [6.45, 7) is 3.48. The highest BCUT2D eigenvalue weighted by atomic mass is 35.5. The number of ether oxygens (including phenoxy) is 1. The molecule has 2 aromatic rings. The first-order chi connectivity index (χ1) is 11.9. The molecule has 0 saturated carbocycles. The molecule has 25 heavy (non-hydrogen) atoms. The van der Waals surface area contributed by atoms with Crippen LogP contribution in [-0.2, 0) is 14.3 Å². The van der Waals surface area contributed by atoms with E-state index in [-0.39, 0.29) is 18.6 Å². The van der Waals surface area contributed by atoms with Crippen LogP contribution >= 0.6 is 11.6 Å². The van der Waals surface area contributed by atoms with Crippen LogP contribution in [0, 0.1) is 6.92 Å². The average Bonchev–Trinajstić information content (AvgIpc) is 2.58. The maximum Gasteiger partial charge on any atom is 0.331 e. The summed E-state index contributed by atoms with van der Waals surface area (Å²) in [6.07, 6.45) is 2.96. The third-order valence-electron chi connectivity index (χ3n) is 3.53. The molecule has 0 aliphatic heterocycles. The predicted octanol–water partition coefficient (Wildman–Crippen LogP) is 4.08. The van der Waals surface area contributed by atoms with Gasteiger partial charge in [0.25, 0.3) is 5.91 Å². The molecule has 0 aliphatic carbocycles. The highest BCUT2D eigenvalue weighted by Crippen LogP contribution is 2.17. The predicted molar refractivity (Wildman–Crippen MR) is 99.2 cm³/mol. The van der Waals surface area contributed by atoms with Gasteiger partial charge in [-0.2, -0.15) is 0 Å². The maximum absolute atomic E-state index is 11.9. The summed E-state index contributed by atoms with van der Waals surface area (Å²) in [7, 11) is 0. The summed E-state index contributed by atoms with van der Waals surface area (Å²) < 4.78 is 4.95. The second kappa shape index (κ2) is 9.04. The van der Waals surface area contributed by atoms with E-state index in [0.717, 1.165) is 16.7 Å². The molecule has 0 aliphatic rings. The summed E-state index contributed by atoms with van der Waals surface area (Å²) in [6, 6.07) is 14.7. The van der Waals surface area contributed by atoms with E-state index in [0.29, 0.717) is 5.02 Å². The van der Waals surface area contributed by atoms with Crippen LogP contribution in [-0.4, -0.2) is 18.5 Å². The number of esters is 1. The number of hydrogen-bond acceptors (Lipinski definition) is 3. The third kappa shape index (κ3) is 6.43. The van der Waals surface area contributed by atoms with E-state index < -0.39 is 5.97 Å². The Morgan fingerprint density at radius 2 is 1.96 bits per heavy atom. The minimum absolute atomic E-state index is 0.229. The summed E-state index contributed by atoms with van der Waals surface area (Å²) in [5.41, 5.74) is 2.88. The van der Waals surface area contributed by atoms with Gasteiger partial charge in [0.1, 0.15) is 0 Å². The minimum atomic E-state index is -0.563. The molecule has 1 atom stereocenters. The van der Waals surface area contributed by atoms with Gasteiger partial charge >= 0.3 is 5.97 Å². The van der Waals surface area contributed by atoms with Crippen molar-refractivity contribution < 1.29 is 14.3 Å². The first kappa shape index (κ1) is 18.7. The van der Waals surface area contributed by atoms with Gasteiger partial charge in [-0.25, -0.2) is 4.79 Å². The highest BCUT2D eigenvalue weighted by Gasteiger charge is 2.11. The Morgan fingerprint density at radius 1 is 1.20 bits per heavy atom. The third-order valence-corrected chi connectivity index (χ3v) is 3.76. The van der Waals surface area contributed by atoms with Crippen LogP contribution in [0.5, 0.6) is 0 Å². The molecule has 2 aromatic carbocycles. The van der Waals surface area contributed by atoms with Crippen LogP contribution < -0.4 is 5.32 Å². The van der Waals surface area contributed by atoms with Gasteiger partial charge < -0.3 is 10.1 Å². The van der Waals surface area contributed by atoms with Crippen LogP contribution in [0.3, 0.4) is 0 Å². The van der Waals surface area contributed by atoms with Gasteiger partial charge in [-0.1, -0.05) is 53.6 Å². The van der Waals surface area contributed by atoms with Gasteiger partial charge in [0, 0.05) is 11.1 Å². The summed E-state index contributed by atoms with van der Waals surface area (Å²) >= 11 is 5.93. The fourth-order valence-electron chi connectivity index (χ4n) is 2.27. The molecule has 4 nitrogen and oxygen atoms in total. The first-order valence-corrected chi connectivity index (χ1v) is 8.28. The first-order valence-electron chi connectivity index (χ1n) is 7.90. The lowest BCUT2D eigenvalue weighted by Crippen LogP contribution is -2.30. The number of carbonyl (C=O) groups excluding carboxylic acids is 2. The molecule has 0 bridgehead atoms. The standard InChI is InChI=1S/C20H20ClNO3/c1-14-5-3-6-16(11-14)9-10-20(24)25-13-19(23)22-15(2)17-7-4-8-18(21)12-17/h3-12,15H,13H2,1-2H3,(H,22,23)/b10-9+/t15-/m1/s1. The van der Waals surface area contributed by atoms with Gasteiger partial charge in [0.05, 0.1) is 6.04 Å². The van der Waals surface area contributed by atoms with E-state index in [4.69, 9.17) is 16.3 Å². The fraction of sp³-hybridized carbons (Fsp3) is 0.200. The Bertz CT molecular complexity index is 786. The summed E-state index contributed by atoms with van der Waals surface area (Å²) in [4.78, 5) is 23.6. The number of benzene rings is 2. The minimum Gasteiger partial charge on any atom is -0.452 e. The smallest absolute Gasteiger partial charge is 0.331 e.